The van der Waals surface area contributed by atoms with Gasteiger partial charge in [0, 0.05) is 5.54 Å². The predicted octanol–water partition coefficient (Wildman–Crippen LogP) is 2.93. The summed E-state index contributed by atoms with van der Waals surface area (Å²) in [6.07, 6.45) is 0. The number of aryl methyl sites for hydroxylation is 1. The topological polar surface area (TPSA) is 21.3 Å². The van der Waals surface area contributed by atoms with Gasteiger partial charge in [-0.3, -0.25) is 0 Å². The van der Waals surface area contributed by atoms with Gasteiger partial charge in [0.1, 0.15) is 0 Å². The molecule has 0 aliphatic carbocycles. The van der Waals surface area contributed by atoms with Crippen LogP contribution < -0.4 is 5.48 Å². The first-order valence-corrected chi connectivity index (χ1v) is 4.77. The summed E-state index contributed by atoms with van der Waals surface area (Å²) in [5, 5.41) is 0. The smallest absolute Gasteiger partial charge is 0.0572 e. The number of rotatable bonds is 1. The van der Waals surface area contributed by atoms with Crippen molar-refractivity contribution in [2.24, 2.45) is 0 Å². The molecule has 0 heterocycles. The van der Waals surface area contributed by atoms with E-state index in [2.05, 4.69) is 29.4 Å². The van der Waals surface area contributed by atoms with Crippen LogP contribution in [-0.4, -0.2) is 12.6 Å². The Kier molecular flexibility index (Phi) is 6.17. The van der Waals surface area contributed by atoms with E-state index >= 15 is 0 Å². The van der Waals surface area contributed by atoms with Gasteiger partial charge in [-0.15, -0.1) is 0 Å². The third-order valence-corrected chi connectivity index (χ3v) is 1.35. The van der Waals surface area contributed by atoms with E-state index in [0.717, 1.165) is 0 Å². The molecule has 0 atom stereocenters. The molecule has 0 saturated carbocycles. The lowest BCUT2D eigenvalue weighted by atomic mass is 10.1. The Morgan fingerprint density at radius 3 is 1.71 bits per heavy atom. The third-order valence-electron chi connectivity index (χ3n) is 1.35. The van der Waals surface area contributed by atoms with Gasteiger partial charge in [0.15, 0.2) is 0 Å². The summed E-state index contributed by atoms with van der Waals surface area (Å²) < 4.78 is 0. The molecule has 1 rings (SSSR count). The molecule has 0 fully saturated rings. The molecule has 0 aromatic heterocycles. The number of hydrogen-bond acceptors (Lipinski definition) is 2. The maximum absolute atomic E-state index is 4.66. The normalized spacial score (nSPS) is 10.4. The minimum Gasteiger partial charge on any atom is -0.305 e. The molecule has 1 aromatic carbocycles. The Bertz CT molecular complexity index is 226. The van der Waals surface area contributed by atoms with Crippen LogP contribution in [0.5, 0.6) is 0 Å². The Hall–Kier alpha value is -0.860. The molecule has 0 radical (unpaired) electrons. The van der Waals surface area contributed by atoms with Crippen LogP contribution in [0.2, 0.25) is 0 Å². The fourth-order valence-corrected chi connectivity index (χ4v) is 0.841. The van der Waals surface area contributed by atoms with E-state index in [0.29, 0.717) is 0 Å². The first-order valence-electron chi connectivity index (χ1n) is 4.77. The second kappa shape index (κ2) is 6.57. The van der Waals surface area contributed by atoms with Gasteiger partial charge in [0.2, 0.25) is 0 Å². The minimum absolute atomic E-state index is 0.0781. The van der Waals surface area contributed by atoms with E-state index in [4.69, 9.17) is 0 Å². The zero-order chi connectivity index (χ0) is 11.0. The number of hydroxylamine groups is 1. The highest BCUT2D eigenvalue weighted by Gasteiger charge is 2.05. The Labute approximate surface area is 87.2 Å². The number of hydrogen-bond donors (Lipinski definition) is 1. The highest BCUT2D eigenvalue weighted by molar-refractivity contribution is 5.11. The van der Waals surface area contributed by atoms with E-state index in [1.165, 1.54) is 5.56 Å². The molecule has 14 heavy (non-hydrogen) atoms. The van der Waals surface area contributed by atoms with Gasteiger partial charge in [-0.2, -0.15) is 5.48 Å². The lowest BCUT2D eigenvalue weighted by Crippen LogP contribution is -2.34. The van der Waals surface area contributed by atoms with E-state index in [9.17, 15) is 0 Å². The molecule has 0 aliphatic rings. The molecule has 0 aliphatic heterocycles. The molecular weight excluding hydrogens is 174 g/mol. The molecule has 0 spiro atoms. The van der Waals surface area contributed by atoms with Crippen molar-refractivity contribution in [2.45, 2.75) is 33.2 Å². The molecule has 0 amide bonds. The van der Waals surface area contributed by atoms with Crippen LogP contribution in [0, 0.1) is 6.92 Å². The first-order chi connectivity index (χ1) is 6.45. The molecule has 0 bridgehead atoms. The minimum atomic E-state index is 0.0781. The van der Waals surface area contributed by atoms with Crippen LogP contribution >= 0.6 is 0 Å². The second-order valence-corrected chi connectivity index (χ2v) is 4.21. The molecule has 80 valence electrons. The van der Waals surface area contributed by atoms with Crippen LogP contribution in [0.4, 0.5) is 0 Å². The summed E-state index contributed by atoms with van der Waals surface area (Å²) in [5.74, 6) is 0. The molecule has 2 nitrogen and oxygen atoms in total. The van der Waals surface area contributed by atoms with Gasteiger partial charge in [-0.05, 0) is 27.7 Å². The van der Waals surface area contributed by atoms with Crippen LogP contribution in [0.25, 0.3) is 0 Å². The average molecular weight is 195 g/mol. The van der Waals surface area contributed by atoms with Crippen molar-refractivity contribution in [3.05, 3.63) is 35.9 Å². The zero-order valence-electron chi connectivity index (χ0n) is 9.79. The summed E-state index contributed by atoms with van der Waals surface area (Å²) in [6, 6.07) is 10.3. The monoisotopic (exact) mass is 195 g/mol. The van der Waals surface area contributed by atoms with Crippen molar-refractivity contribution in [3.8, 4) is 0 Å². The molecule has 0 saturated heterocycles. The van der Waals surface area contributed by atoms with Crippen molar-refractivity contribution < 1.29 is 4.84 Å². The fourth-order valence-electron chi connectivity index (χ4n) is 0.841. The number of benzene rings is 1. The Morgan fingerprint density at radius 1 is 1.07 bits per heavy atom. The summed E-state index contributed by atoms with van der Waals surface area (Å²) in [5.41, 5.74) is 4.18. The van der Waals surface area contributed by atoms with Gasteiger partial charge in [0.25, 0.3) is 0 Å². The van der Waals surface area contributed by atoms with E-state index < -0.39 is 0 Å². The molecular formula is C12H21NO. The van der Waals surface area contributed by atoms with E-state index in [1.807, 2.05) is 39.0 Å². The van der Waals surface area contributed by atoms with E-state index in [-0.39, 0.29) is 5.54 Å². The van der Waals surface area contributed by atoms with Crippen LogP contribution in [0.3, 0.4) is 0 Å². The standard InChI is InChI=1S/C7H8.C5H13NO/c1-7-5-3-2-4-6-7;1-5(2,3)6-7-4/h2-6H,1H3;6H,1-4H3. The average Bonchev–Trinajstić information content (AvgIpc) is 2.04. The molecule has 1 N–H and O–H groups in total. The van der Waals surface area contributed by atoms with Crippen LogP contribution in [-0.2, 0) is 4.84 Å². The van der Waals surface area contributed by atoms with Crippen molar-refractivity contribution in [1.29, 1.82) is 0 Å². The maximum Gasteiger partial charge on any atom is 0.0572 e. The van der Waals surface area contributed by atoms with Crippen molar-refractivity contribution in [3.63, 3.8) is 0 Å². The summed E-state index contributed by atoms with van der Waals surface area (Å²) in [7, 11) is 1.62. The van der Waals surface area contributed by atoms with Crippen molar-refractivity contribution >= 4 is 0 Å². The first kappa shape index (κ1) is 13.1. The quantitative estimate of drug-likeness (QED) is 0.696. The maximum atomic E-state index is 4.66. The van der Waals surface area contributed by atoms with Gasteiger partial charge >= 0.3 is 0 Å². The number of nitrogens with one attached hydrogen (secondary N) is 1. The van der Waals surface area contributed by atoms with Gasteiger partial charge in [-0.25, -0.2) is 0 Å². The van der Waals surface area contributed by atoms with Gasteiger partial charge in [0.05, 0.1) is 7.11 Å². The third kappa shape index (κ3) is 9.23. The second-order valence-electron chi connectivity index (χ2n) is 4.21. The summed E-state index contributed by atoms with van der Waals surface area (Å²) in [6.45, 7) is 8.20. The lowest BCUT2D eigenvalue weighted by molar-refractivity contribution is 0.0348. The highest BCUT2D eigenvalue weighted by Crippen LogP contribution is 1.95. The predicted molar refractivity (Wildman–Crippen MR) is 61.1 cm³/mol. The van der Waals surface area contributed by atoms with Crippen molar-refractivity contribution in [2.75, 3.05) is 7.11 Å². The van der Waals surface area contributed by atoms with Crippen molar-refractivity contribution in [1.82, 2.24) is 5.48 Å². The summed E-state index contributed by atoms with van der Waals surface area (Å²) in [4.78, 5) is 4.66. The SMILES string of the molecule is CONC(C)(C)C.Cc1ccccc1. The fraction of sp³-hybridized carbons (Fsp3) is 0.500. The molecule has 2 heteroatoms. The van der Waals surface area contributed by atoms with Crippen LogP contribution in [0.1, 0.15) is 26.3 Å². The molecule has 1 aromatic rings. The molecule has 0 unspecified atom stereocenters. The van der Waals surface area contributed by atoms with Crippen LogP contribution in [0.15, 0.2) is 30.3 Å². The van der Waals surface area contributed by atoms with E-state index in [1.54, 1.807) is 7.11 Å². The summed E-state index contributed by atoms with van der Waals surface area (Å²) >= 11 is 0. The lowest BCUT2D eigenvalue weighted by Gasteiger charge is -2.17. The Balaban J connectivity index is 0.000000241. The largest absolute Gasteiger partial charge is 0.305 e. The highest BCUT2D eigenvalue weighted by atomic mass is 16.6. The van der Waals surface area contributed by atoms with Gasteiger partial charge in [-0.1, -0.05) is 35.9 Å². The zero-order valence-corrected chi connectivity index (χ0v) is 9.79. The Morgan fingerprint density at radius 2 is 1.57 bits per heavy atom. The van der Waals surface area contributed by atoms with Gasteiger partial charge < -0.3 is 4.84 Å².